The Morgan fingerprint density at radius 2 is 2.29 bits per heavy atom. The van der Waals surface area contributed by atoms with Crippen molar-refractivity contribution in [1.82, 2.24) is 9.97 Å². The Labute approximate surface area is 123 Å². The SMILES string of the molecule is CCOc1cncc(NCC(C(=O)O)C2CCOCC2)n1. The van der Waals surface area contributed by atoms with E-state index in [1.54, 1.807) is 6.20 Å². The fourth-order valence-electron chi connectivity index (χ4n) is 2.44. The van der Waals surface area contributed by atoms with Crippen molar-refractivity contribution in [2.24, 2.45) is 11.8 Å². The number of carbonyl (C=O) groups is 1. The second kappa shape index (κ2) is 7.78. The van der Waals surface area contributed by atoms with E-state index < -0.39 is 11.9 Å². The minimum atomic E-state index is -0.789. The second-order valence-electron chi connectivity index (χ2n) is 4.95. The van der Waals surface area contributed by atoms with Crippen LogP contribution in [-0.2, 0) is 9.53 Å². The molecule has 2 rings (SSSR count). The molecule has 1 unspecified atom stereocenters. The summed E-state index contributed by atoms with van der Waals surface area (Å²) in [6.07, 6.45) is 4.65. The number of aliphatic carboxylic acids is 1. The molecule has 1 saturated heterocycles. The molecule has 0 saturated carbocycles. The van der Waals surface area contributed by atoms with Gasteiger partial charge in [-0.05, 0) is 25.7 Å². The van der Waals surface area contributed by atoms with Gasteiger partial charge in [0.05, 0.1) is 24.9 Å². The third-order valence-electron chi connectivity index (χ3n) is 3.56. The molecule has 7 heteroatoms. The third kappa shape index (κ3) is 4.56. The maximum Gasteiger partial charge on any atom is 0.308 e. The molecule has 1 aliphatic rings. The maximum atomic E-state index is 11.4. The molecule has 1 aliphatic heterocycles. The lowest BCUT2D eigenvalue weighted by atomic mass is 9.86. The molecule has 1 fully saturated rings. The molecule has 21 heavy (non-hydrogen) atoms. The first kappa shape index (κ1) is 15.5. The summed E-state index contributed by atoms with van der Waals surface area (Å²) in [5, 5.41) is 12.4. The molecular formula is C14H21N3O4. The highest BCUT2D eigenvalue weighted by atomic mass is 16.5. The molecule has 2 N–H and O–H groups in total. The lowest BCUT2D eigenvalue weighted by Gasteiger charge is -2.27. The van der Waals surface area contributed by atoms with E-state index in [9.17, 15) is 9.90 Å². The van der Waals surface area contributed by atoms with E-state index in [2.05, 4.69) is 15.3 Å². The molecule has 1 aromatic rings. The van der Waals surface area contributed by atoms with E-state index in [4.69, 9.17) is 9.47 Å². The Kier molecular flexibility index (Phi) is 5.74. The molecule has 1 aromatic heterocycles. The molecule has 0 aliphatic carbocycles. The van der Waals surface area contributed by atoms with Crippen LogP contribution in [0.4, 0.5) is 5.82 Å². The van der Waals surface area contributed by atoms with Gasteiger partial charge in [0, 0.05) is 19.8 Å². The quantitative estimate of drug-likeness (QED) is 0.785. The number of nitrogens with zero attached hydrogens (tertiary/aromatic N) is 2. The zero-order valence-corrected chi connectivity index (χ0v) is 12.1. The van der Waals surface area contributed by atoms with Crippen LogP contribution in [0.3, 0.4) is 0 Å². The third-order valence-corrected chi connectivity index (χ3v) is 3.56. The molecule has 0 amide bonds. The first-order valence-corrected chi connectivity index (χ1v) is 7.20. The van der Waals surface area contributed by atoms with Crippen LogP contribution in [0.15, 0.2) is 12.4 Å². The number of ether oxygens (including phenoxy) is 2. The smallest absolute Gasteiger partial charge is 0.308 e. The van der Waals surface area contributed by atoms with Crippen molar-refractivity contribution < 1.29 is 19.4 Å². The minimum absolute atomic E-state index is 0.131. The van der Waals surface area contributed by atoms with Gasteiger partial charge in [-0.1, -0.05) is 0 Å². The summed E-state index contributed by atoms with van der Waals surface area (Å²) < 4.78 is 10.6. The number of aromatic nitrogens is 2. The first-order valence-electron chi connectivity index (χ1n) is 7.20. The van der Waals surface area contributed by atoms with E-state index >= 15 is 0 Å². The molecule has 0 bridgehead atoms. The summed E-state index contributed by atoms with van der Waals surface area (Å²) in [6, 6.07) is 0. The van der Waals surface area contributed by atoms with Crippen molar-refractivity contribution in [2.45, 2.75) is 19.8 Å². The van der Waals surface area contributed by atoms with Gasteiger partial charge in [0.2, 0.25) is 5.88 Å². The van der Waals surface area contributed by atoms with Crippen LogP contribution in [0.5, 0.6) is 5.88 Å². The molecule has 116 valence electrons. The van der Waals surface area contributed by atoms with Gasteiger partial charge in [0.25, 0.3) is 0 Å². The number of hydrogen-bond acceptors (Lipinski definition) is 6. The van der Waals surface area contributed by atoms with Crippen molar-refractivity contribution >= 4 is 11.8 Å². The van der Waals surface area contributed by atoms with Crippen LogP contribution >= 0.6 is 0 Å². The van der Waals surface area contributed by atoms with Crippen LogP contribution in [0.2, 0.25) is 0 Å². The van der Waals surface area contributed by atoms with Crippen LogP contribution in [0.1, 0.15) is 19.8 Å². The van der Waals surface area contributed by atoms with Crippen LogP contribution in [0.25, 0.3) is 0 Å². The van der Waals surface area contributed by atoms with Crippen molar-refractivity contribution in [2.75, 3.05) is 31.7 Å². The Morgan fingerprint density at radius 3 is 2.95 bits per heavy atom. The van der Waals surface area contributed by atoms with Gasteiger partial charge in [0.15, 0.2) is 0 Å². The highest BCUT2D eigenvalue weighted by molar-refractivity contribution is 5.71. The predicted octanol–water partition coefficient (Wildman–Crippen LogP) is 1.41. The Bertz CT molecular complexity index is 463. The average Bonchev–Trinajstić information content (AvgIpc) is 2.49. The minimum Gasteiger partial charge on any atom is -0.481 e. The fraction of sp³-hybridized carbons (Fsp3) is 0.643. The number of carboxylic acid groups (broad SMARTS) is 1. The molecule has 0 radical (unpaired) electrons. The largest absolute Gasteiger partial charge is 0.481 e. The lowest BCUT2D eigenvalue weighted by Crippen LogP contribution is -2.34. The van der Waals surface area contributed by atoms with E-state index in [0.717, 1.165) is 12.8 Å². The second-order valence-corrected chi connectivity index (χ2v) is 4.95. The number of anilines is 1. The van der Waals surface area contributed by atoms with E-state index in [1.807, 2.05) is 6.92 Å². The zero-order chi connectivity index (χ0) is 15.1. The monoisotopic (exact) mass is 295 g/mol. The molecule has 7 nitrogen and oxygen atoms in total. The van der Waals surface area contributed by atoms with E-state index in [-0.39, 0.29) is 5.92 Å². The summed E-state index contributed by atoms with van der Waals surface area (Å²) in [5.41, 5.74) is 0. The molecule has 0 spiro atoms. The molecular weight excluding hydrogens is 274 g/mol. The van der Waals surface area contributed by atoms with Crippen LogP contribution < -0.4 is 10.1 Å². The number of nitrogens with one attached hydrogen (secondary N) is 1. The highest BCUT2D eigenvalue weighted by Gasteiger charge is 2.29. The molecule has 1 atom stereocenters. The summed E-state index contributed by atoms with van der Waals surface area (Å²) in [7, 11) is 0. The van der Waals surface area contributed by atoms with E-state index in [0.29, 0.717) is 38.1 Å². The van der Waals surface area contributed by atoms with E-state index in [1.165, 1.54) is 6.20 Å². The first-order chi connectivity index (χ1) is 10.2. The van der Waals surface area contributed by atoms with Gasteiger partial charge in [-0.2, -0.15) is 4.98 Å². The normalized spacial score (nSPS) is 17.2. The van der Waals surface area contributed by atoms with Crippen molar-refractivity contribution in [3.05, 3.63) is 12.4 Å². The Morgan fingerprint density at radius 1 is 1.52 bits per heavy atom. The number of carboxylic acids is 1. The Balaban J connectivity index is 1.94. The standard InChI is InChI=1S/C14H21N3O4/c1-2-21-13-9-15-8-12(17-13)16-7-11(14(18)19)10-3-5-20-6-4-10/h8-11H,2-7H2,1H3,(H,16,17)(H,18,19). The molecule has 0 aromatic carbocycles. The summed E-state index contributed by atoms with van der Waals surface area (Å²) in [4.78, 5) is 19.7. The van der Waals surface area contributed by atoms with Crippen molar-refractivity contribution in [1.29, 1.82) is 0 Å². The summed E-state index contributed by atoms with van der Waals surface area (Å²) in [5.74, 6) is -0.152. The van der Waals surface area contributed by atoms with Gasteiger partial charge < -0.3 is 19.9 Å². The van der Waals surface area contributed by atoms with Gasteiger partial charge in [-0.3, -0.25) is 9.78 Å². The fourth-order valence-corrected chi connectivity index (χ4v) is 2.44. The van der Waals surface area contributed by atoms with Crippen molar-refractivity contribution in [3.8, 4) is 5.88 Å². The molecule has 2 heterocycles. The predicted molar refractivity (Wildman–Crippen MR) is 76.4 cm³/mol. The Hall–Kier alpha value is -1.89. The van der Waals surface area contributed by atoms with Gasteiger partial charge >= 0.3 is 5.97 Å². The van der Waals surface area contributed by atoms with Crippen LogP contribution in [-0.4, -0.2) is 47.4 Å². The van der Waals surface area contributed by atoms with Crippen LogP contribution in [0, 0.1) is 11.8 Å². The number of rotatable bonds is 7. The maximum absolute atomic E-state index is 11.4. The van der Waals surface area contributed by atoms with Gasteiger partial charge in [-0.15, -0.1) is 0 Å². The summed E-state index contributed by atoms with van der Waals surface area (Å²) >= 11 is 0. The zero-order valence-electron chi connectivity index (χ0n) is 12.1. The van der Waals surface area contributed by atoms with Gasteiger partial charge in [-0.25, -0.2) is 0 Å². The highest BCUT2D eigenvalue weighted by Crippen LogP contribution is 2.24. The number of hydrogen-bond donors (Lipinski definition) is 2. The van der Waals surface area contributed by atoms with Gasteiger partial charge in [0.1, 0.15) is 5.82 Å². The lowest BCUT2D eigenvalue weighted by molar-refractivity contribution is -0.144. The summed E-state index contributed by atoms with van der Waals surface area (Å²) in [6.45, 7) is 3.97. The topological polar surface area (TPSA) is 93.6 Å². The average molecular weight is 295 g/mol. The van der Waals surface area contributed by atoms with Crippen molar-refractivity contribution in [3.63, 3.8) is 0 Å².